The number of hydrazine groups is 1. The van der Waals surface area contributed by atoms with Gasteiger partial charge in [-0.3, -0.25) is 25.0 Å². The lowest BCUT2D eigenvalue weighted by Gasteiger charge is -2.15. The van der Waals surface area contributed by atoms with Gasteiger partial charge in [0.15, 0.2) is 5.69 Å². The van der Waals surface area contributed by atoms with Gasteiger partial charge < -0.3 is 0 Å². The normalized spacial score (nSPS) is 11.5. The first kappa shape index (κ1) is 22.3. The van der Waals surface area contributed by atoms with Gasteiger partial charge in [-0.2, -0.15) is 18.3 Å². The molecule has 0 fully saturated rings. The van der Waals surface area contributed by atoms with Crippen molar-refractivity contribution in [1.29, 1.82) is 0 Å². The van der Waals surface area contributed by atoms with Crippen molar-refractivity contribution in [3.8, 4) is 5.69 Å². The molecule has 8 nitrogen and oxygen atoms in total. The molecule has 2 heterocycles. The summed E-state index contributed by atoms with van der Waals surface area (Å²) in [7, 11) is 0. The monoisotopic (exact) mass is 476 g/mol. The standard InChI is InChI=1S/C21H16ClF3N6O2/c1-2-30-19(33)14-8-3-4-9-16(14)27-20(30)29-28-18(32)15-11-26-31(17(15)21(23,24)25)13-7-5-6-12(22)10-13/h3-11H,2H2,1H3,(H,27,29)(H,28,32). The lowest BCUT2D eigenvalue weighted by Crippen LogP contribution is -2.35. The fraction of sp³-hybridized carbons (Fsp3) is 0.143. The minimum Gasteiger partial charge on any atom is -0.277 e. The second-order valence-electron chi connectivity index (χ2n) is 6.88. The van der Waals surface area contributed by atoms with Crippen molar-refractivity contribution in [3.63, 3.8) is 0 Å². The van der Waals surface area contributed by atoms with Gasteiger partial charge in [-0.1, -0.05) is 29.8 Å². The molecule has 0 saturated heterocycles. The Bertz CT molecular complexity index is 1410. The van der Waals surface area contributed by atoms with E-state index in [1.165, 1.54) is 28.8 Å². The van der Waals surface area contributed by atoms with Crippen LogP contribution in [0.5, 0.6) is 0 Å². The van der Waals surface area contributed by atoms with Crippen LogP contribution in [0.3, 0.4) is 0 Å². The van der Waals surface area contributed by atoms with Crippen LogP contribution in [0.1, 0.15) is 23.0 Å². The van der Waals surface area contributed by atoms with Gasteiger partial charge in [-0.15, -0.1) is 0 Å². The van der Waals surface area contributed by atoms with Crippen LogP contribution in [0.25, 0.3) is 16.6 Å². The number of carbonyl (C=O) groups is 1. The third kappa shape index (κ3) is 4.27. The quantitative estimate of drug-likeness (QED) is 0.424. The number of aromatic nitrogens is 4. The first-order chi connectivity index (χ1) is 15.7. The minimum absolute atomic E-state index is 0.0228. The van der Waals surface area contributed by atoms with Crippen molar-refractivity contribution in [3.05, 3.63) is 81.4 Å². The minimum atomic E-state index is -4.89. The second-order valence-corrected chi connectivity index (χ2v) is 7.31. The van der Waals surface area contributed by atoms with Crippen molar-refractivity contribution in [2.45, 2.75) is 19.6 Å². The molecule has 2 aromatic carbocycles. The summed E-state index contributed by atoms with van der Waals surface area (Å²) in [5, 5.41) is 4.32. The smallest absolute Gasteiger partial charge is 0.277 e. The summed E-state index contributed by atoms with van der Waals surface area (Å²) < 4.78 is 43.4. The molecule has 0 aliphatic carbocycles. The van der Waals surface area contributed by atoms with Crippen LogP contribution >= 0.6 is 11.6 Å². The number of carbonyl (C=O) groups excluding carboxylic acids is 1. The van der Waals surface area contributed by atoms with Gasteiger partial charge in [0.1, 0.15) is 0 Å². The number of amides is 1. The molecule has 0 saturated carbocycles. The molecule has 0 radical (unpaired) electrons. The molecule has 2 N–H and O–H groups in total. The summed E-state index contributed by atoms with van der Waals surface area (Å²) >= 11 is 5.88. The lowest BCUT2D eigenvalue weighted by molar-refractivity contribution is -0.143. The molecule has 0 spiro atoms. The molecule has 4 aromatic rings. The number of anilines is 1. The van der Waals surface area contributed by atoms with E-state index in [9.17, 15) is 22.8 Å². The Hall–Kier alpha value is -3.86. The maximum absolute atomic E-state index is 13.8. The first-order valence-electron chi connectivity index (χ1n) is 9.67. The molecule has 0 atom stereocenters. The van der Waals surface area contributed by atoms with Crippen LogP contribution in [0, 0.1) is 0 Å². The summed E-state index contributed by atoms with van der Waals surface area (Å²) in [6, 6.07) is 12.2. The number of halogens is 4. The van der Waals surface area contributed by atoms with E-state index in [1.54, 1.807) is 31.2 Å². The predicted octanol–water partition coefficient (Wildman–Crippen LogP) is 4.03. The number of para-hydroxylation sites is 1. The number of nitrogens with one attached hydrogen (secondary N) is 2. The summed E-state index contributed by atoms with van der Waals surface area (Å²) in [4.78, 5) is 29.6. The SMILES string of the molecule is CCn1c(NNC(=O)c2cnn(-c3cccc(Cl)c3)c2C(F)(F)F)nc2ccccc2c1=O. The van der Waals surface area contributed by atoms with Gasteiger partial charge in [-0.25, -0.2) is 9.67 Å². The van der Waals surface area contributed by atoms with Gasteiger partial charge in [0.2, 0.25) is 5.95 Å². The molecule has 2 aromatic heterocycles. The molecular formula is C21H16ClF3N6O2. The molecular weight excluding hydrogens is 461 g/mol. The molecule has 0 aliphatic rings. The number of hydrogen-bond donors (Lipinski definition) is 2. The fourth-order valence-corrected chi connectivity index (χ4v) is 3.51. The molecule has 0 aliphatic heterocycles. The highest BCUT2D eigenvalue weighted by Crippen LogP contribution is 2.34. The maximum Gasteiger partial charge on any atom is 0.434 e. The van der Waals surface area contributed by atoms with Crippen LogP contribution in [-0.4, -0.2) is 25.2 Å². The number of rotatable bonds is 5. The third-order valence-corrected chi connectivity index (χ3v) is 5.04. The van der Waals surface area contributed by atoms with E-state index in [-0.39, 0.29) is 28.8 Å². The van der Waals surface area contributed by atoms with Gasteiger partial charge in [0.25, 0.3) is 11.5 Å². The van der Waals surface area contributed by atoms with Crippen LogP contribution in [-0.2, 0) is 12.7 Å². The van der Waals surface area contributed by atoms with E-state index in [0.717, 1.165) is 6.20 Å². The molecule has 170 valence electrons. The largest absolute Gasteiger partial charge is 0.434 e. The van der Waals surface area contributed by atoms with Crippen LogP contribution in [0.15, 0.2) is 59.5 Å². The van der Waals surface area contributed by atoms with Crippen molar-refractivity contribution in [1.82, 2.24) is 24.8 Å². The highest BCUT2D eigenvalue weighted by Gasteiger charge is 2.40. The topological polar surface area (TPSA) is 93.8 Å². The highest BCUT2D eigenvalue weighted by molar-refractivity contribution is 6.30. The Morgan fingerprint density at radius 3 is 2.61 bits per heavy atom. The number of fused-ring (bicyclic) bond motifs is 1. The molecule has 12 heteroatoms. The molecule has 0 bridgehead atoms. The zero-order valence-electron chi connectivity index (χ0n) is 17.0. The van der Waals surface area contributed by atoms with Gasteiger partial charge in [0.05, 0.1) is 28.4 Å². The van der Waals surface area contributed by atoms with Gasteiger partial charge in [0, 0.05) is 11.6 Å². The van der Waals surface area contributed by atoms with Crippen molar-refractivity contribution >= 4 is 34.4 Å². The van der Waals surface area contributed by atoms with Crippen LogP contribution in [0.4, 0.5) is 19.1 Å². The van der Waals surface area contributed by atoms with E-state index >= 15 is 0 Å². The third-order valence-electron chi connectivity index (χ3n) is 4.80. The Labute approximate surface area is 189 Å². The molecule has 4 rings (SSSR count). The Kier molecular flexibility index (Phi) is 5.81. The summed E-state index contributed by atoms with van der Waals surface area (Å²) in [5.74, 6) is -1.13. The average molecular weight is 477 g/mol. The zero-order valence-corrected chi connectivity index (χ0v) is 17.8. The van der Waals surface area contributed by atoms with Crippen molar-refractivity contribution in [2.75, 3.05) is 5.43 Å². The van der Waals surface area contributed by atoms with Gasteiger partial charge >= 0.3 is 6.18 Å². The van der Waals surface area contributed by atoms with E-state index in [1.807, 2.05) is 0 Å². The summed E-state index contributed by atoms with van der Waals surface area (Å²) in [6.07, 6.45) is -4.08. The highest BCUT2D eigenvalue weighted by atomic mass is 35.5. The van der Waals surface area contributed by atoms with Crippen molar-refractivity contribution in [2.24, 2.45) is 0 Å². The Balaban J connectivity index is 1.68. The van der Waals surface area contributed by atoms with E-state index in [4.69, 9.17) is 11.6 Å². The summed E-state index contributed by atoms with van der Waals surface area (Å²) in [6.45, 7) is 1.91. The summed E-state index contributed by atoms with van der Waals surface area (Å²) in [5.41, 5.74) is 2.70. The first-order valence-corrected chi connectivity index (χ1v) is 10.1. The molecule has 33 heavy (non-hydrogen) atoms. The fourth-order valence-electron chi connectivity index (χ4n) is 3.33. The van der Waals surface area contributed by atoms with E-state index in [2.05, 4.69) is 20.9 Å². The predicted molar refractivity (Wildman–Crippen MR) is 116 cm³/mol. The molecule has 1 amide bonds. The average Bonchev–Trinajstić information content (AvgIpc) is 3.24. The van der Waals surface area contributed by atoms with Crippen molar-refractivity contribution < 1.29 is 18.0 Å². The number of alkyl halides is 3. The van der Waals surface area contributed by atoms with Gasteiger partial charge in [-0.05, 0) is 37.3 Å². The number of nitrogens with zero attached hydrogens (tertiary/aromatic N) is 4. The second kappa shape index (κ2) is 8.58. The Morgan fingerprint density at radius 1 is 1.15 bits per heavy atom. The maximum atomic E-state index is 13.8. The van der Waals surface area contributed by atoms with E-state index in [0.29, 0.717) is 15.6 Å². The van der Waals surface area contributed by atoms with Crippen LogP contribution < -0.4 is 16.4 Å². The van der Waals surface area contributed by atoms with E-state index < -0.39 is 23.3 Å². The Morgan fingerprint density at radius 2 is 1.91 bits per heavy atom. The van der Waals surface area contributed by atoms with Crippen LogP contribution in [0.2, 0.25) is 5.02 Å². The zero-order chi connectivity index (χ0) is 23.8. The lowest BCUT2D eigenvalue weighted by atomic mass is 10.2. The number of hydrogen-bond acceptors (Lipinski definition) is 5. The number of benzene rings is 2. The molecule has 0 unspecified atom stereocenters.